The number of benzene rings is 1. The molecule has 0 heterocycles. The van der Waals surface area contributed by atoms with Gasteiger partial charge in [-0.15, -0.1) is 0 Å². The fourth-order valence-corrected chi connectivity index (χ4v) is 2.28. The third kappa shape index (κ3) is 3.88. The molecule has 0 aliphatic carbocycles. The zero-order valence-corrected chi connectivity index (χ0v) is 12.8. The largest absolute Gasteiger partial charge is 0.398 e. The van der Waals surface area contributed by atoms with E-state index in [1.165, 1.54) is 12.1 Å². The van der Waals surface area contributed by atoms with Crippen LogP contribution in [-0.4, -0.2) is 36.4 Å². The molecule has 18 heavy (non-hydrogen) atoms. The van der Waals surface area contributed by atoms with Crippen LogP contribution in [0.2, 0.25) is 0 Å². The Balaban J connectivity index is 2.80. The maximum Gasteiger partial charge on any atom is 0.255 e. The molecule has 0 aliphatic rings. The van der Waals surface area contributed by atoms with Crippen LogP contribution in [0.5, 0.6) is 0 Å². The highest BCUT2D eigenvalue weighted by atomic mass is 79.9. The van der Waals surface area contributed by atoms with Gasteiger partial charge >= 0.3 is 0 Å². The molecular weight excluding hydrogens is 319 g/mol. The number of halogens is 2. The van der Waals surface area contributed by atoms with Crippen molar-refractivity contribution in [1.29, 1.82) is 0 Å². The quantitative estimate of drug-likeness (QED) is 0.665. The minimum atomic E-state index is -0.481. The molecule has 0 spiro atoms. The molecule has 0 atom stereocenters. The summed E-state index contributed by atoms with van der Waals surface area (Å²) in [6.45, 7) is 0.636. The Hall–Kier alpha value is -0.750. The third-order valence-corrected chi connectivity index (χ3v) is 3.82. The summed E-state index contributed by atoms with van der Waals surface area (Å²) in [4.78, 5) is 13.6. The van der Waals surface area contributed by atoms with Gasteiger partial charge in [-0.1, -0.05) is 0 Å². The molecule has 0 radical (unpaired) electrons. The van der Waals surface area contributed by atoms with E-state index in [0.717, 1.165) is 12.2 Å². The van der Waals surface area contributed by atoms with Crippen molar-refractivity contribution < 1.29 is 9.18 Å². The summed E-state index contributed by atoms with van der Waals surface area (Å²) >= 11 is 4.76. The molecule has 1 aromatic rings. The van der Waals surface area contributed by atoms with E-state index in [4.69, 9.17) is 5.73 Å². The van der Waals surface area contributed by atoms with E-state index in [9.17, 15) is 9.18 Å². The Labute approximate surface area is 119 Å². The number of amides is 1. The van der Waals surface area contributed by atoms with Crippen molar-refractivity contribution in [3.63, 3.8) is 0 Å². The number of nitrogen functional groups attached to an aromatic ring is 1. The predicted octanol–water partition coefficient (Wildman–Crippen LogP) is 3.00. The Morgan fingerprint density at radius 2 is 2.22 bits per heavy atom. The standard InChI is InChI=1S/C12H16BrFN2OS/c1-16(4-3-5-18-2)12(17)8-6-10(14)9(13)7-11(8)15/h6-7H,3-5,15H2,1-2H3. The summed E-state index contributed by atoms with van der Waals surface area (Å²) in [7, 11) is 1.70. The van der Waals surface area contributed by atoms with Crippen LogP contribution in [0.25, 0.3) is 0 Å². The number of anilines is 1. The molecular formula is C12H16BrFN2OS. The fraction of sp³-hybridized carbons (Fsp3) is 0.417. The van der Waals surface area contributed by atoms with Crippen LogP contribution in [0.1, 0.15) is 16.8 Å². The SMILES string of the molecule is CSCCCN(C)C(=O)c1cc(F)c(Br)cc1N. The first-order valence-corrected chi connectivity index (χ1v) is 7.65. The van der Waals surface area contributed by atoms with Gasteiger partial charge < -0.3 is 10.6 Å². The Bertz CT molecular complexity index is 442. The molecule has 0 saturated heterocycles. The van der Waals surface area contributed by atoms with Crippen molar-refractivity contribution in [2.45, 2.75) is 6.42 Å². The molecule has 1 amide bonds. The maximum atomic E-state index is 13.4. The predicted molar refractivity (Wildman–Crippen MR) is 78.5 cm³/mol. The molecule has 1 aromatic carbocycles. The Morgan fingerprint density at radius 1 is 1.56 bits per heavy atom. The van der Waals surface area contributed by atoms with Gasteiger partial charge in [0.1, 0.15) is 5.82 Å². The topological polar surface area (TPSA) is 46.3 Å². The van der Waals surface area contributed by atoms with Gasteiger partial charge in [0.2, 0.25) is 0 Å². The molecule has 0 aliphatic heterocycles. The van der Waals surface area contributed by atoms with Gasteiger partial charge in [-0.2, -0.15) is 11.8 Å². The third-order valence-electron chi connectivity index (χ3n) is 2.51. The molecule has 100 valence electrons. The smallest absolute Gasteiger partial charge is 0.255 e. The number of carbonyl (C=O) groups excluding carboxylic acids is 1. The normalized spacial score (nSPS) is 10.4. The first-order chi connectivity index (χ1) is 8.47. The van der Waals surface area contributed by atoms with E-state index in [2.05, 4.69) is 15.9 Å². The highest BCUT2D eigenvalue weighted by Crippen LogP contribution is 2.23. The minimum absolute atomic E-state index is 0.211. The van der Waals surface area contributed by atoms with Gasteiger partial charge in [0.05, 0.1) is 10.0 Å². The number of nitrogens with zero attached hydrogens (tertiary/aromatic N) is 1. The molecule has 0 unspecified atom stereocenters. The van der Waals surface area contributed by atoms with Crippen LogP contribution in [-0.2, 0) is 0 Å². The molecule has 1 rings (SSSR count). The lowest BCUT2D eigenvalue weighted by Gasteiger charge is -2.18. The highest BCUT2D eigenvalue weighted by molar-refractivity contribution is 9.10. The summed E-state index contributed by atoms with van der Waals surface area (Å²) in [6, 6.07) is 2.59. The van der Waals surface area contributed by atoms with Crippen LogP contribution >= 0.6 is 27.7 Å². The first kappa shape index (κ1) is 15.3. The monoisotopic (exact) mass is 334 g/mol. The van der Waals surface area contributed by atoms with Gasteiger partial charge in [0.25, 0.3) is 5.91 Å². The van der Waals surface area contributed by atoms with Gasteiger partial charge in [-0.25, -0.2) is 4.39 Å². The lowest BCUT2D eigenvalue weighted by Crippen LogP contribution is -2.28. The summed E-state index contributed by atoms with van der Waals surface area (Å²) in [5.74, 6) is 0.256. The lowest BCUT2D eigenvalue weighted by atomic mass is 10.1. The highest BCUT2D eigenvalue weighted by Gasteiger charge is 2.16. The molecule has 0 bridgehead atoms. The number of rotatable bonds is 5. The summed E-state index contributed by atoms with van der Waals surface area (Å²) in [5.41, 5.74) is 6.23. The van der Waals surface area contributed by atoms with Crippen LogP contribution in [0.4, 0.5) is 10.1 Å². The van der Waals surface area contributed by atoms with Crippen molar-refractivity contribution in [2.75, 3.05) is 31.3 Å². The van der Waals surface area contributed by atoms with Gasteiger partial charge in [-0.3, -0.25) is 4.79 Å². The van der Waals surface area contributed by atoms with Gasteiger partial charge in [0.15, 0.2) is 0 Å². The van der Waals surface area contributed by atoms with Crippen LogP contribution in [0.3, 0.4) is 0 Å². The van der Waals surface area contributed by atoms with Crippen molar-refractivity contribution in [3.05, 3.63) is 28.0 Å². The second kappa shape index (κ2) is 6.99. The van der Waals surface area contributed by atoms with Crippen molar-refractivity contribution in [1.82, 2.24) is 4.90 Å². The Kier molecular flexibility index (Phi) is 5.95. The molecule has 2 N–H and O–H groups in total. The van der Waals surface area contributed by atoms with E-state index in [1.807, 2.05) is 6.26 Å². The van der Waals surface area contributed by atoms with Gasteiger partial charge in [-0.05, 0) is 46.5 Å². The Morgan fingerprint density at radius 3 is 2.83 bits per heavy atom. The number of thioether (sulfide) groups is 1. The first-order valence-electron chi connectivity index (χ1n) is 5.46. The zero-order valence-electron chi connectivity index (χ0n) is 10.4. The molecule has 3 nitrogen and oxygen atoms in total. The molecule has 0 aromatic heterocycles. The van der Waals surface area contributed by atoms with E-state index >= 15 is 0 Å². The molecule has 0 saturated carbocycles. The summed E-state index contributed by atoms with van der Waals surface area (Å²) < 4.78 is 13.7. The number of carbonyl (C=O) groups is 1. The minimum Gasteiger partial charge on any atom is -0.398 e. The average Bonchev–Trinajstić information content (AvgIpc) is 2.33. The van der Waals surface area contributed by atoms with E-state index in [1.54, 1.807) is 23.7 Å². The summed E-state index contributed by atoms with van der Waals surface area (Å²) in [6.07, 6.45) is 2.92. The van der Waals surface area contributed by atoms with Crippen LogP contribution < -0.4 is 5.73 Å². The van der Waals surface area contributed by atoms with Crippen LogP contribution in [0, 0.1) is 5.82 Å². The summed E-state index contributed by atoms with van der Waals surface area (Å²) in [5, 5.41) is 0. The van der Waals surface area contributed by atoms with Crippen molar-refractivity contribution in [3.8, 4) is 0 Å². The molecule has 6 heteroatoms. The maximum absolute atomic E-state index is 13.4. The second-order valence-corrected chi connectivity index (χ2v) is 5.77. The van der Waals surface area contributed by atoms with Crippen molar-refractivity contribution in [2.24, 2.45) is 0 Å². The average molecular weight is 335 g/mol. The van der Waals surface area contributed by atoms with E-state index in [-0.39, 0.29) is 21.6 Å². The molecule has 0 fully saturated rings. The van der Waals surface area contributed by atoms with Gasteiger partial charge in [0, 0.05) is 19.3 Å². The fourth-order valence-electron chi connectivity index (χ4n) is 1.50. The second-order valence-electron chi connectivity index (χ2n) is 3.93. The number of hydrogen-bond acceptors (Lipinski definition) is 3. The van der Waals surface area contributed by atoms with E-state index < -0.39 is 5.82 Å². The lowest BCUT2D eigenvalue weighted by molar-refractivity contribution is 0.0796. The van der Waals surface area contributed by atoms with Crippen LogP contribution in [0.15, 0.2) is 16.6 Å². The van der Waals surface area contributed by atoms with E-state index in [0.29, 0.717) is 6.54 Å². The number of nitrogens with two attached hydrogens (primary N) is 1. The number of hydrogen-bond donors (Lipinski definition) is 1. The van der Waals surface area contributed by atoms with Crippen molar-refractivity contribution >= 4 is 39.3 Å². The zero-order chi connectivity index (χ0) is 13.7.